The summed E-state index contributed by atoms with van der Waals surface area (Å²) in [6, 6.07) is 0.0146. The number of rotatable bonds is 8. The van der Waals surface area contributed by atoms with E-state index in [9.17, 15) is 4.79 Å². The summed E-state index contributed by atoms with van der Waals surface area (Å²) < 4.78 is 2.04. The molecule has 0 aromatic carbocycles. The van der Waals surface area contributed by atoms with Gasteiger partial charge in [0.1, 0.15) is 0 Å². The third kappa shape index (κ3) is 4.99. The molecule has 0 radical (unpaired) electrons. The van der Waals surface area contributed by atoms with E-state index in [-0.39, 0.29) is 12.0 Å². The Morgan fingerprint density at radius 1 is 1.47 bits per heavy atom. The molecule has 0 bridgehead atoms. The average molecular weight is 239 g/mol. The fourth-order valence-electron chi connectivity index (χ4n) is 1.56. The molecule has 17 heavy (non-hydrogen) atoms. The van der Waals surface area contributed by atoms with Gasteiger partial charge in [-0.1, -0.05) is 6.92 Å². The number of hydrogen-bond acceptors (Lipinski definition) is 3. The second kappa shape index (κ2) is 7.06. The summed E-state index contributed by atoms with van der Waals surface area (Å²) in [5, 5.41) is 12.1. The molecule has 0 spiro atoms. The molecule has 0 saturated carbocycles. The maximum Gasteiger partial charge on any atom is 0.307 e. The lowest BCUT2D eigenvalue weighted by Gasteiger charge is -2.17. The van der Waals surface area contributed by atoms with Crippen LogP contribution in [-0.2, 0) is 11.3 Å². The van der Waals surface area contributed by atoms with Gasteiger partial charge < -0.3 is 15.0 Å². The van der Waals surface area contributed by atoms with Crippen LogP contribution in [0.25, 0.3) is 0 Å². The van der Waals surface area contributed by atoms with Crippen LogP contribution in [0.3, 0.4) is 0 Å². The molecular formula is C12H21N3O2. The quantitative estimate of drug-likeness (QED) is 0.672. The molecule has 2 N–H and O–H groups in total. The fraction of sp³-hybridized carbons (Fsp3) is 0.667. The first-order valence-electron chi connectivity index (χ1n) is 6.03. The molecule has 0 saturated heterocycles. The number of nitrogens with zero attached hydrogens (tertiary/aromatic N) is 2. The number of imidazole rings is 1. The molecule has 5 nitrogen and oxygen atoms in total. The minimum Gasteiger partial charge on any atom is -0.481 e. The molecule has 0 aliphatic carbocycles. The van der Waals surface area contributed by atoms with E-state index in [2.05, 4.69) is 10.3 Å². The van der Waals surface area contributed by atoms with Crippen LogP contribution in [0.15, 0.2) is 18.7 Å². The van der Waals surface area contributed by atoms with E-state index < -0.39 is 5.97 Å². The van der Waals surface area contributed by atoms with E-state index in [1.165, 1.54) is 0 Å². The first kappa shape index (κ1) is 13.7. The number of carboxylic acid groups (broad SMARTS) is 1. The molecule has 5 heteroatoms. The molecule has 0 amide bonds. The first-order chi connectivity index (χ1) is 8.11. The van der Waals surface area contributed by atoms with Crippen molar-refractivity contribution < 1.29 is 9.90 Å². The molecule has 0 fully saturated rings. The minimum absolute atomic E-state index is 0.0146. The Labute approximate surface area is 102 Å². The number of aryl methyl sites for hydroxylation is 1. The summed E-state index contributed by atoms with van der Waals surface area (Å²) in [7, 11) is 0. The van der Waals surface area contributed by atoms with Gasteiger partial charge in [-0.2, -0.15) is 0 Å². The second-order valence-electron chi connectivity index (χ2n) is 4.38. The number of aliphatic carboxylic acids is 1. The molecule has 1 rings (SSSR count). The Morgan fingerprint density at radius 2 is 2.24 bits per heavy atom. The van der Waals surface area contributed by atoms with Crippen molar-refractivity contribution in [2.75, 3.05) is 6.54 Å². The van der Waals surface area contributed by atoms with Crippen molar-refractivity contribution in [1.82, 2.24) is 14.9 Å². The van der Waals surface area contributed by atoms with Gasteiger partial charge in [0.2, 0.25) is 0 Å². The summed E-state index contributed by atoms with van der Waals surface area (Å²) in [4.78, 5) is 14.7. The number of carbonyl (C=O) groups is 1. The normalized spacial score (nSPS) is 14.5. The van der Waals surface area contributed by atoms with Gasteiger partial charge in [0.25, 0.3) is 0 Å². The third-order valence-electron chi connectivity index (χ3n) is 3.01. The predicted molar refractivity (Wildman–Crippen MR) is 65.7 cm³/mol. The lowest BCUT2D eigenvalue weighted by molar-refractivity contribution is -0.141. The molecule has 1 heterocycles. The largest absolute Gasteiger partial charge is 0.481 e. The van der Waals surface area contributed by atoms with Crippen LogP contribution in [-0.4, -0.2) is 33.2 Å². The first-order valence-corrected chi connectivity index (χ1v) is 6.03. The van der Waals surface area contributed by atoms with Crippen LogP contribution >= 0.6 is 0 Å². The molecule has 0 aliphatic heterocycles. The Bertz CT molecular complexity index is 325. The van der Waals surface area contributed by atoms with E-state index in [4.69, 9.17) is 5.11 Å². The zero-order valence-corrected chi connectivity index (χ0v) is 10.5. The molecule has 1 aromatic rings. The standard InChI is InChI=1S/C12H21N3O2/c1-10(12(16)17)11(2)14-5-3-4-7-15-8-6-13-9-15/h6,8-11,14H,3-5,7H2,1-2H3,(H,16,17). The smallest absolute Gasteiger partial charge is 0.307 e. The number of aromatic nitrogens is 2. The zero-order valence-electron chi connectivity index (χ0n) is 10.5. The monoisotopic (exact) mass is 239 g/mol. The van der Waals surface area contributed by atoms with Crippen LogP contribution in [0, 0.1) is 5.92 Å². The van der Waals surface area contributed by atoms with Gasteiger partial charge in [-0.3, -0.25) is 4.79 Å². The van der Waals surface area contributed by atoms with Crippen LogP contribution < -0.4 is 5.32 Å². The minimum atomic E-state index is -0.747. The second-order valence-corrected chi connectivity index (χ2v) is 4.38. The highest BCUT2D eigenvalue weighted by molar-refractivity contribution is 5.70. The topological polar surface area (TPSA) is 67.2 Å². The van der Waals surface area contributed by atoms with E-state index >= 15 is 0 Å². The van der Waals surface area contributed by atoms with Gasteiger partial charge in [-0.25, -0.2) is 4.98 Å². The number of hydrogen-bond donors (Lipinski definition) is 2. The number of nitrogens with one attached hydrogen (secondary N) is 1. The van der Waals surface area contributed by atoms with Gasteiger partial charge in [0, 0.05) is 25.0 Å². The Kier molecular flexibility index (Phi) is 5.69. The maximum absolute atomic E-state index is 10.7. The lowest BCUT2D eigenvalue weighted by atomic mass is 10.0. The van der Waals surface area contributed by atoms with Gasteiger partial charge in [-0.05, 0) is 26.3 Å². The Hall–Kier alpha value is -1.36. The van der Waals surface area contributed by atoms with Crippen molar-refractivity contribution in [3.05, 3.63) is 18.7 Å². The average Bonchev–Trinajstić information content (AvgIpc) is 2.80. The van der Waals surface area contributed by atoms with Gasteiger partial charge in [-0.15, -0.1) is 0 Å². The van der Waals surface area contributed by atoms with Crippen molar-refractivity contribution in [2.45, 2.75) is 39.3 Å². The Morgan fingerprint density at radius 3 is 2.82 bits per heavy atom. The zero-order chi connectivity index (χ0) is 12.7. The summed E-state index contributed by atoms with van der Waals surface area (Å²) in [6.45, 7) is 5.46. The number of unbranched alkanes of at least 4 members (excludes halogenated alkanes) is 1. The SMILES string of the molecule is CC(NCCCCn1ccnc1)C(C)C(=O)O. The third-order valence-corrected chi connectivity index (χ3v) is 3.01. The summed E-state index contributed by atoms with van der Waals surface area (Å²) in [6.07, 6.45) is 7.63. The van der Waals surface area contributed by atoms with Crippen molar-refractivity contribution in [2.24, 2.45) is 5.92 Å². The van der Waals surface area contributed by atoms with Gasteiger partial charge in [0.15, 0.2) is 0 Å². The summed E-state index contributed by atoms with van der Waals surface area (Å²) >= 11 is 0. The molecule has 2 atom stereocenters. The highest BCUT2D eigenvalue weighted by Gasteiger charge is 2.17. The van der Waals surface area contributed by atoms with Crippen molar-refractivity contribution >= 4 is 5.97 Å². The van der Waals surface area contributed by atoms with Gasteiger partial charge in [0.05, 0.1) is 12.2 Å². The maximum atomic E-state index is 10.7. The van der Waals surface area contributed by atoms with E-state index in [1.54, 1.807) is 13.1 Å². The van der Waals surface area contributed by atoms with E-state index in [1.807, 2.05) is 24.0 Å². The van der Waals surface area contributed by atoms with Crippen molar-refractivity contribution in [3.8, 4) is 0 Å². The molecule has 0 aliphatic rings. The van der Waals surface area contributed by atoms with Crippen LogP contribution in [0.5, 0.6) is 0 Å². The highest BCUT2D eigenvalue weighted by Crippen LogP contribution is 2.02. The predicted octanol–water partition coefficient (Wildman–Crippen LogP) is 1.36. The lowest BCUT2D eigenvalue weighted by Crippen LogP contribution is -2.36. The van der Waals surface area contributed by atoms with Crippen molar-refractivity contribution in [3.63, 3.8) is 0 Å². The molecular weight excluding hydrogens is 218 g/mol. The molecule has 96 valence electrons. The van der Waals surface area contributed by atoms with Gasteiger partial charge >= 0.3 is 5.97 Å². The highest BCUT2D eigenvalue weighted by atomic mass is 16.4. The number of carboxylic acids is 1. The summed E-state index contributed by atoms with van der Waals surface area (Å²) in [5.41, 5.74) is 0. The van der Waals surface area contributed by atoms with Crippen LogP contribution in [0.4, 0.5) is 0 Å². The van der Waals surface area contributed by atoms with Crippen LogP contribution in [0.1, 0.15) is 26.7 Å². The van der Waals surface area contributed by atoms with Crippen molar-refractivity contribution in [1.29, 1.82) is 0 Å². The molecule has 2 unspecified atom stereocenters. The van der Waals surface area contributed by atoms with E-state index in [0.29, 0.717) is 0 Å². The Balaban J connectivity index is 2.06. The molecule has 1 aromatic heterocycles. The summed E-state index contributed by atoms with van der Waals surface area (Å²) in [5.74, 6) is -1.09. The van der Waals surface area contributed by atoms with E-state index in [0.717, 1.165) is 25.9 Å². The fourth-order valence-corrected chi connectivity index (χ4v) is 1.56. The van der Waals surface area contributed by atoms with Crippen LogP contribution in [0.2, 0.25) is 0 Å².